The van der Waals surface area contributed by atoms with Crippen LogP contribution in [0.15, 0.2) is 0 Å². The van der Waals surface area contributed by atoms with Crippen LogP contribution in [-0.4, -0.2) is 44.7 Å². The number of likely N-dealkylation sites (tertiary alicyclic amines) is 1. The van der Waals surface area contributed by atoms with Gasteiger partial charge in [0.05, 0.1) is 5.75 Å². The average molecular weight is 246 g/mol. The molecule has 16 heavy (non-hydrogen) atoms. The fourth-order valence-corrected chi connectivity index (χ4v) is 3.56. The maximum atomic E-state index is 11.5. The molecule has 2 rings (SSSR count). The summed E-state index contributed by atoms with van der Waals surface area (Å²) in [5.74, 6) is 0.777. The molecule has 2 aliphatic rings. The van der Waals surface area contributed by atoms with Gasteiger partial charge in [0.1, 0.15) is 0 Å². The lowest BCUT2D eigenvalue weighted by Crippen LogP contribution is -2.32. The van der Waals surface area contributed by atoms with Gasteiger partial charge in [0.2, 0.25) is 10.0 Å². The summed E-state index contributed by atoms with van der Waals surface area (Å²) >= 11 is 0. The highest BCUT2D eigenvalue weighted by molar-refractivity contribution is 7.89. The predicted octanol–water partition coefficient (Wildman–Crippen LogP) is 0.800. The SMILES string of the molecule is CCCS(=O)(=O)NCC1CCN(C2CC2)C1. The van der Waals surface area contributed by atoms with E-state index in [0.29, 0.717) is 18.9 Å². The molecule has 5 heteroatoms. The minimum Gasteiger partial charge on any atom is -0.300 e. The smallest absolute Gasteiger partial charge is 0.211 e. The zero-order valence-corrected chi connectivity index (χ0v) is 10.8. The van der Waals surface area contributed by atoms with Gasteiger partial charge in [-0.3, -0.25) is 0 Å². The summed E-state index contributed by atoms with van der Waals surface area (Å²) in [5, 5.41) is 0. The van der Waals surface area contributed by atoms with Gasteiger partial charge < -0.3 is 4.90 Å². The Balaban J connectivity index is 1.70. The second-order valence-corrected chi connectivity index (χ2v) is 6.97. The molecule has 1 atom stereocenters. The van der Waals surface area contributed by atoms with Crippen molar-refractivity contribution in [1.29, 1.82) is 0 Å². The van der Waals surface area contributed by atoms with Gasteiger partial charge in [-0.25, -0.2) is 13.1 Å². The Kier molecular flexibility index (Phi) is 3.87. The molecule has 0 amide bonds. The first-order chi connectivity index (χ1) is 7.61. The average Bonchev–Trinajstić information content (AvgIpc) is 2.95. The molecule has 0 radical (unpaired) electrons. The number of nitrogens with zero attached hydrogens (tertiary/aromatic N) is 1. The summed E-state index contributed by atoms with van der Waals surface area (Å²) in [7, 11) is -3.01. The van der Waals surface area contributed by atoms with Gasteiger partial charge in [-0.15, -0.1) is 0 Å². The van der Waals surface area contributed by atoms with E-state index in [0.717, 1.165) is 25.6 Å². The van der Waals surface area contributed by atoms with Gasteiger partial charge in [-0.1, -0.05) is 6.92 Å². The quantitative estimate of drug-likeness (QED) is 0.754. The molecule has 0 spiro atoms. The Labute approximate surface area is 98.4 Å². The minimum atomic E-state index is -3.01. The minimum absolute atomic E-state index is 0.256. The lowest BCUT2D eigenvalue weighted by Gasteiger charge is -2.15. The van der Waals surface area contributed by atoms with Crippen LogP contribution in [0.3, 0.4) is 0 Å². The second-order valence-electron chi connectivity index (χ2n) is 5.05. The maximum absolute atomic E-state index is 11.5. The highest BCUT2D eigenvalue weighted by Gasteiger charge is 2.34. The maximum Gasteiger partial charge on any atom is 0.211 e. The summed E-state index contributed by atoms with van der Waals surface area (Å²) < 4.78 is 25.7. The van der Waals surface area contributed by atoms with Crippen molar-refractivity contribution >= 4 is 10.0 Å². The fourth-order valence-electron chi connectivity index (χ4n) is 2.39. The Morgan fingerprint density at radius 1 is 1.31 bits per heavy atom. The van der Waals surface area contributed by atoms with E-state index in [1.807, 2.05) is 6.92 Å². The monoisotopic (exact) mass is 246 g/mol. The van der Waals surface area contributed by atoms with Crippen molar-refractivity contribution in [3.63, 3.8) is 0 Å². The number of hydrogen-bond acceptors (Lipinski definition) is 3. The van der Waals surface area contributed by atoms with E-state index in [2.05, 4.69) is 9.62 Å². The van der Waals surface area contributed by atoms with Gasteiger partial charge in [0.25, 0.3) is 0 Å². The van der Waals surface area contributed by atoms with Crippen LogP contribution < -0.4 is 4.72 Å². The molecule has 2 fully saturated rings. The van der Waals surface area contributed by atoms with E-state index >= 15 is 0 Å². The third kappa shape index (κ3) is 3.43. The Bertz CT molecular complexity index is 325. The summed E-state index contributed by atoms with van der Waals surface area (Å²) in [4.78, 5) is 2.51. The van der Waals surface area contributed by atoms with Crippen LogP contribution in [0.5, 0.6) is 0 Å². The van der Waals surface area contributed by atoms with Crippen LogP contribution in [0.4, 0.5) is 0 Å². The lowest BCUT2D eigenvalue weighted by atomic mass is 10.1. The van der Waals surface area contributed by atoms with Gasteiger partial charge in [-0.05, 0) is 38.1 Å². The first-order valence-electron chi connectivity index (χ1n) is 6.32. The molecule has 1 aliphatic carbocycles. The normalized spacial score (nSPS) is 27.4. The highest BCUT2D eigenvalue weighted by atomic mass is 32.2. The first-order valence-corrected chi connectivity index (χ1v) is 7.97. The molecule has 0 aromatic heterocycles. The Morgan fingerprint density at radius 2 is 2.06 bits per heavy atom. The van der Waals surface area contributed by atoms with E-state index in [1.54, 1.807) is 0 Å². The van der Waals surface area contributed by atoms with Gasteiger partial charge >= 0.3 is 0 Å². The van der Waals surface area contributed by atoms with Crippen LogP contribution in [0.1, 0.15) is 32.6 Å². The van der Waals surface area contributed by atoms with Crippen molar-refractivity contribution in [2.75, 3.05) is 25.4 Å². The van der Waals surface area contributed by atoms with Crippen molar-refractivity contribution in [3.8, 4) is 0 Å². The van der Waals surface area contributed by atoms with E-state index in [-0.39, 0.29) is 5.75 Å². The predicted molar refractivity (Wildman–Crippen MR) is 64.8 cm³/mol. The molecule has 1 N–H and O–H groups in total. The van der Waals surface area contributed by atoms with Gasteiger partial charge in [0.15, 0.2) is 0 Å². The van der Waals surface area contributed by atoms with Crippen molar-refractivity contribution in [2.24, 2.45) is 5.92 Å². The summed E-state index contributed by atoms with van der Waals surface area (Å²) in [5.41, 5.74) is 0. The summed E-state index contributed by atoms with van der Waals surface area (Å²) in [6.07, 6.45) is 4.52. The van der Waals surface area contributed by atoms with Crippen molar-refractivity contribution in [1.82, 2.24) is 9.62 Å². The topological polar surface area (TPSA) is 49.4 Å². The highest BCUT2D eigenvalue weighted by Crippen LogP contribution is 2.31. The fraction of sp³-hybridized carbons (Fsp3) is 1.00. The first kappa shape index (κ1) is 12.3. The van der Waals surface area contributed by atoms with Gasteiger partial charge in [0, 0.05) is 19.1 Å². The van der Waals surface area contributed by atoms with E-state index in [9.17, 15) is 8.42 Å². The molecule has 1 saturated heterocycles. The van der Waals surface area contributed by atoms with E-state index in [4.69, 9.17) is 0 Å². The summed E-state index contributed by atoms with van der Waals surface area (Å²) in [6, 6.07) is 0.817. The zero-order chi connectivity index (χ0) is 11.6. The molecular weight excluding hydrogens is 224 g/mol. The molecule has 0 aromatic carbocycles. The third-order valence-corrected chi connectivity index (χ3v) is 5.00. The van der Waals surface area contributed by atoms with Gasteiger partial charge in [-0.2, -0.15) is 0 Å². The molecule has 94 valence electrons. The van der Waals surface area contributed by atoms with Crippen LogP contribution in [0.2, 0.25) is 0 Å². The summed E-state index contributed by atoms with van der Waals surface area (Å²) in [6.45, 7) is 4.76. The number of sulfonamides is 1. The zero-order valence-electron chi connectivity index (χ0n) is 9.98. The lowest BCUT2D eigenvalue weighted by molar-refractivity contribution is 0.314. The number of nitrogens with one attached hydrogen (secondary N) is 1. The van der Waals surface area contributed by atoms with E-state index < -0.39 is 10.0 Å². The number of rotatable bonds is 6. The number of hydrogen-bond donors (Lipinski definition) is 1. The largest absolute Gasteiger partial charge is 0.300 e. The van der Waals surface area contributed by atoms with Crippen molar-refractivity contribution in [3.05, 3.63) is 0 Å². The Hall–Kier alpha value is -0.130. The van der Waals surface area contributed by atoms with Crippen molar-refractivity contribution < 1.29 is 8.42 Å². The van der Waals surface area contributed by atoms with Crippen LogP contribution in [0, 0.1) is 5.92 Å². The molecule has 1 heterocycles. The van der Waals surface area contributed by atoms with Crippen molar-refractivity contribution in [2.45, 2.75) is 38.6 Å². The molecule has 0 bridgehead atoms. The molecule has 1 saturated carbocycles. The van der Waals surface area contributed by atoms with Crippen LogP contribution in [0.25, 0.3) is 0 Å². The molecular formula is C11H22N2O2S. The van der Waals surface area contributed by atoms with Crippen LogP contribution in [-0.2, 0) is 10.0 Å². The molecule has 1 aliphatic heterocycles. The molecule has 0 aromatic rings. The van der Waals surface area contributed by atoms with Crippen LogP contribution >= 0.6 is 0 Å². The van der Waals surface area contributed by atoms with E-state index in [1.165, 1.54) is 12.8 Å². The second kappa shape index (κ2) is 5.02. The molecule has 1 unspecified atom stereocenters. The Morgan fingerprint density at radius 3 is 2.69 bits per heavy atom. The molecule has 4 nitrogen and oxygen atoms in total. The standard InChI is InChI=1S/C11H22N2O2S/c1-2-7-16(14,15)12-8-10-5-6-13(9-10)11-3-4-11/h10-12H,2-9H2,1H3. The third-order valence-electron chi connectivity index (χ3n) is 3.45.